The monoisotopic (exact) mass is 341 g/mol. The van der Waals surface area contributed by atoms with Crippen LogP contribution in [0.1, 0.15) is 40.7 Å². The Balaban J connectivity index is 2.11. The molecule has 2 rings (SSSR count). The molecule has 0 aliphatic rings. The van der Waals surface area contributed by atoms with Gasteiger partial charge in [0.05, 0.1) is 7.11 Å². The fourth-order valence-electron chi connectivity index (χ4n) is 2.27. The summed E-state index contributed by atoms with van der Waals surface area (Å²) in [6.45, 7) is 2.73. The van der Waals surface area contributed by atoms with Crippen LogP contribution in [0.2, 0.25) is 0 Å². The van der Waals surface area contributed by atoms with Crippen molar-refractivity contribution < 1.29 is 14.3 Å². The van der Waals surface area contributed by atoms with E-state index in [0.29, 0.717) is 18.0 Å². The Morgan fingerprint density at radius 2 is 1.88 bits per heavy atom. The molecular weight excluding hydrogens is 318 g/mol. The molecule has 0 saturated carbocycles. The van der Waals surface area contributed by atoms with Crippen LogP contribution in [0.15, 0.2) is 42.5 Å². The molecule has 0 atom stereocenters. The highest BCUT2D eigenvalue weighted by atomic mass is 16.5. The zero-order chi connectivity index (χ0) is 18.2. The van der Waals surface area contributed by atoms with E-state index in [1.165, 1.54) is 0 Å². The summed E-state index contributed by atoms with van der Waals surface area (Å²) in [7, 11) is 3.30. The Labute approximate surface area is 147 Å². The maximum atomic E-state index is 12.4. The smallest absolute Gasteiger partial charge is 0.274 e. The van der Waals surface area contributed by atoms with Gasteiger partial charge in [0.15, 0.2) is 0 Å². The summed E-state index contributed by atoms with van der Waals surface area (Å²) in [5, 5.41) is 2.76. The number of pyridine rings is 1. The minimum Gasteiger partial charge on any atom is -0.497 e. The standard InChI is InChI=1S/C19H23N3O3/c1-4-5-12-22(2)19(24)17-11-7-10-16(21-17)18(23)20-14-8-6-9-15(13-14)25-3/h6-11,13H,4-5,12H2,1-3H3,(H,20,23). The van der Waals surface area contributed by atoms with E-state index >= 15 is 0 Å². The number of anilines is 1. The van der Waals surface area contributed by atoms with Crippen molar-refractivity contribution in [1.29, 1.82) is 0 Å². The number of rotatable bonds is 7. The van der Waals surface area contributed by atoms with Crippen LogP contribution in [0.3, 0.4) is 0 Å². The molecule has 132 valence electrons. The summed E-state index contributed by atoms with van der Waals surface area (Å²) in [6.07, 6.45) is 1.94. The zero-order valence-electron chi connectivity index (χ0n) is 14.8. The van der Waals surface area contributed by atoms with Gasteiger partial charge >= 0.3 is 0 Å². The third-order valence-corrected chi connectivity index (χ3v) is 3.72. The number of carbonyl (C=O) groups excluding carboxylic acids is 2. The number of nitrogens with zero attached hydrogens (tertiary/aromatic N) is 2. The van der Waals surface area contributed by atoms with Gasteiger partial charge in [-0.2, -0.15) is 0 Å². The number of aromatic nitrogens is 1. The molecule has 1 aromatic heterocycles. The van der Waals surface area contributed by atoms with Crippen molar-refractivity contribution in [3.05, 3.63) is 53.9 Å². The number of ether oxygens (including phenoxy) is 1. The second-order valence-corrected chi connectivity index (χ2v) is 5.67. The molecule has 0 saturated heterocycles. The van der Waals surface area contributed by atoms with Crippen molar-refractivity contribution >= 4 is 17.5 Å². The fourth-order valence-corrected chi connectivity index (χ4v) is 2.27. The minimum atomic E-state index is -0.376. The van der Waals surface area contributed by atoms with Crippen LogP contribution in [-0.4, -0.2) is 42.4 Å². The van der Waals surface area contributed by atoms with E-state index in [-0.39, 0.29) is 23.2 Å². The summed E-state index contributed by atoms with van der Waals surface area (Å²) in [5.41, 5.74) is 1.05. The number of hydrogen-bond acceptors (Lipinski definition) is 4. The van der Waals surface area contributed by atoms with Gasteiger partial charge in [-0.05, 0) is 30.7 Å². The van der Waals surface area contributed by atoms with E-state index < -0.39 is 0 Å². The lowest BCUT2D eigenvalue weighted by Crippen LogP contribution is -2.29. The minimum absolute atomic E-state index is 0.190. The maximum absolute atomic E-state index is 12.4. The molecule has 25 heavy (non-hydrogen) atoms. The first-order valence-corrected chi connectivity index (χ1v) is 8.23. The normalized spacial score (nSPS) is 10.2. The molecule has 1 N–H and O–H groups in total. The summed E-state index contributed by atoms with van der Waals surface area (Å²) in [4.78, 5) is 30.6. The fraction of sp³-hybridized carbons (Fsp3) is 0.316. The molecule has 6 heteroatoms. The average Bonchev–Trinajstić information content (AvgIpc) is 2.65. The largest absolute Gasteiger partial charge is 0.497 e. The predicted octanol–water partition coefficient (Wildman–Crippen LogP) is 3.21. The summed E-state index contributed by atoms with van der Waals surface area (Å²) >= 11 is 0. The van der Waals surface area contributed by atoms with Gasteiger partial charge in [-0.1, -0.05) is 25.5 Å². The molecule has 0 fully saturated rings. The number of hydrogen-bond donors (Lipinski definition) is 1. The molecule has 0 spiro atoms. The maximum Gasteiger partial charge on any atom is 0.274 e. The molecule has 2 aromatic rings. The topological polar surface area (TPSA) is 71.5 Å². The van der Waals surface area contributed by atoms with Crippen LogP contribution in [0, 0.1) is 0 Å². The Bertz CT molecular complexity index is 746. The van der Waals surface area contributed by atoms with Crippen LogP contribution >= 0.6 is 0 Å². The van der Waals surface area contributed by atoms with Crippen molar-refractivity contribution in [3.8, 4) is 5.75 Å². The highest BCUT2D eigenvalue weighted by Crippen LogP contribution is 2.17. The Morgan fingerprint density at radius 3 is 2.60 bits per heavy atom. The molecule has 1 heterocycles. The molecule has 6 nitrogen and oxygen atoms in total. The zero-order valence-corrected chi connectivity index (χ0v) is 14.8. The molecule has 0 aliphatic carbocycles. The molecule has 0 radical (unpaired) electrons. The first-order valence-electron chi connectivity index (χ1n) is 8.23. The number of methoxy groups -OCH3 is 1. The average molecular weight is 341 g/mol. The lowest BCUT2D eigenvalue weighted by molar-refractivity contribution is 0.0787. The Morgan fingerprint density at radius 1 is 1.16 bits per heavy atom. The van der Waals surface area contributed by atoms with E-state index in [0.717, 1.165) is 12.8 Å². The molecule has 1 aromatic carbocycles. The first kappa shape index (κ1) is 18.4. The van der Waals surface area contributed by atoms with E-state index in [4.69, 9.17) is 4.74 Å². The van der Waals surface area contributed by atoms with Gasteiger partial charge in [0.1, 0.15) is 17.1 Å². The van der Waals surface area contributed by atoms with Gasteiger partial charge in [-0.15, -0.1) is 0 Å². The summed E-state index contributed by atoms with van der Waals surface area (Å²) < 4.78 is 5.13. The quantitative estimate of drug-likeness (QED) is 0.839. The van der Waals surface area contributed by atoms with Crippen LogP contribution < -0.4 is 10.1 Å². The van der Waals surface area contributed by atoms with Crippen molar-refractivity contribution in [2.45, 2.75) is 19.8 Å². The van der Waals surface area contributed by atoms with Crippen molar-refractivity contribution in [2.75, 3.05) is 26.0 Å². The highest BCUT2D eigenvalue weighted by Gasteiger charge is 2.15. The van der Waals surface area contributed by atoms with Crippen LogP contribution in [-0.2, 0) is 0 Å². The second-order valence-electron chi connectivity index (χ2n) is 5.67. The van der Waals surface area contributed by atoms with Gasteiger partial charge in [-0.25, -0.2) is 4.98 Å². The lowest BCUT2D eigenvalue weighted by atomic mass is 10.2. The third-order valence-electron chi connectivity index (χ3n) is 3.72. The van der Waals surface area contributed by atoms with Crippen molar-refractivity contribution in [2.24, 2.45) is 0 Å². The van der Waals surface area contributed by atoms with Gasteiger partial charge < -0.3 is 15.0 Å². The van der Waals surface area contributed by atoms with E-state index in [2.05, 4.69) is 17.2 Å². The summed E-state index contributed by atoms with van der Waals surface area (Å²) in [5.74, 6) is 0.0795. The van der Waals surface area contributed by atoms with Crippen molar-refractivity contribution in [3.63, 3.8) is 0 Å². The van der Waals surface area contributed by atoms with Gasteiger partial charge in [0.2, 0.25) is 0 Å². The lowest BCUT2D eigenvalue weighted by Gasteiger charge is -2.16. The number of benzene rings is 1. The number of nitrogens with one attached hydrogen (secondary N) is 1. The van der Waals surface area contributed by atoms with E-state index in [1.807, 2.05) is 0 Å². The molecule has 0 unspecified atom stereocenters. The Kier molecular flexibility index (Phi) is 6.51. The molecule has 2 amide bonds. The third kappa shape index (κ3) is 5.04. The van der Waals surface area contributed by atoms with Crippen LogP contribution in [0.4, 0.5) is 5.69 Å². The Hall–Kier alpha value is -2.89. The first-order chi connectivity index (χ1) is 12.0. The molecule has 0 aliphatic heterocycles. The molecule has 0 bridgehead atoms. The van der Waals surface area contributed by atoms with E-state index in [1.54, 1.807) is 61.5 Å². The predicted molar refractivity (Wildman–Crippen MR) is 97.1 cm³/mol. The van der Waals surface area contributed by atoms with Gasteiger partial charge in [0.25, 0.3) is 11.8 Å². The highest BCUT2D eigenvalue weighted by molar-refractivity contribution is 6.03. The summed E-state index contributed by atoms with van der Waals surface area (Å²) in [6, 6.07) is 11.9. The molecular formula is C19H23N3O3. The van der Waals surface area contributed by atoms with E-state index in [9.17, 15) is 9.59 Å². The van der Waals surface area contributed by atoms with Crippen LogP contribution in [0.25, 0.3) is 0 Å². The van der Waals surface area contributed by atoms with Crippen LogP contribution in [0.5, 0.6) is 5.75 Å². The number of carbonyl (C=O) groups is 2. The number of amides is 2. The second kappa shape index (κ2) is 8.82. The van der Waals surface area contributed by atoms with Gasteiger partial charge in [0, 0.05) is 25.3 Å². The van der Waals surface area contributed by atoms with Gasteiger partial charge in [-0.3, -0.25) is 9.59 Å². The number of unbranched alkanes of at least 4 members (excludes halogenated alkanes) is 1. The van der Waals surface area contributed by atoms with Crippen molar-refractivity contribution in [1.82, 2.24) is 9.88 Å². The SMILES string of the molecule is CCCCN(C)C(=O)c1cccc(C(=O)Nc2cccc(OC)c2)n1.